The van der Waals surface area contributed by atoms with Crippen molar-refractivity contribution in [3.8, 4) is 0 Å². The van der Waals surface area contributed by atoms with Crippen LogP contribution in [0.15, 0.2) is 6.07 Å². The quantitative estimate of drug-likeness (QED) is 0.898. The molecule has 1 aromatic rings. The second-order valence-electron chi connectivity index (χ2n) is 6.10. The van der Waals surface area contributed by atoms with Gasteiger partial charge in [0.2, 0.25) is 0 Å². The van der Waals surface area contributed by atoms with E-state index in [0.717, 1.165) is 38.5 Å². The molecule has 21 heavy (non-hydrogen) atoms. The van der Waals surface area contributed by atoms with Crippen LogP contribution in [0.3, 0.4) is 0 Å². The third-order valence-corrected chi connectivity index (χ3v) is 5.88. The predicted molar refractivity (Wildman–Crippen MR) is 81.8 cm³/mol. The predicted octanol–water partition coefficient (Wildman–Crippen LogP) is 3.00. The number of rotatable bonds is 4. The van der Waals surface area contributed by atoms with Gasteiger partial charge < -0.3 is 10.4 Å². The van der Waals surface area contributed by atoms with Crippen LogP contribution in [-0.4, -0.2) is 23.0 Å². The molecule has 1 heterocycles. The van der Waals surface area contributed by atoms with Gasteiger partial charge in [-0.25, -0.2) is 4.79 Å². The lowest BCUT2D eigenvalue weighted by Crippen LogP contribution is -2.46. The molecule has 0 saturated heterocycles. The summed E-state index contributed by atoms with van der Waals surface area (Å²) in [5.74, 6) is -1.04. The summed E-state index contributed by atoms with van der Waals surface area (Å²) in [6, 6.07) is 1.21. The Morgan fingerprint density at radius 3 is 2.62 bits per heavy atom. The lowest BCUT2D eigenvalue weighted by Gasteiger charge is -2.27. The summed E-state index contributed by atoms with van der Waals surface area (Å²) in [6.07, 6.45) is 8.38. The molecular formula is C16H21NO3S. The highest BCUT2D eigenvalue weighted by Crippen LogP contribution is 2.31. The molecule has 1 atom stereocenters. The Bertz CT molecular complexity index is 524. The molecule has 1 saturated carbocycles. The average molecular weight is 307 g/mol. The minimum Gasteiger partial charge on any atom is -0.480 e. The number of nitrogens with one attached hydrogen (secondary N) is 1. The van der Waals surface area contributed by atoms with Gasteiger partial charge in [0.15, 0.2) is 0 Å². The summed E-state index contributed by atoms with van der Waals surface area (Å²) < 4.78 is 0. The monoisotopic (exact) mass is 307 g/mol. The van der Waals surface area contributed by atoms with Crippen molar-refractivity contribution in [2.75, 3.05) is 0 Å². The number of fused-ring (bicyclic) bond motifs is 1. The van der Waals surface area contributed by atoms with E-state index in [1.807, 2.05) is 6.07 Å². The smallest absolute Gasteiger partial charge is 0.326 e. The standard InChI is InChI=1S/C16H21NO3S/c18-15(13-9-11-7-4-8-12(11)21-13)17-14(16(19)20)10-5-2-1-3-6-10/h9-10,14H,1-8H2,(H,17,18)(H,19,20). The number of carboxylic acid groups (broad SMARTS) is 1. The van der Waals surface area contributed by atoms with Crippen LogP contribution in [0.2, 0.25) is 0 Å². The first kappa shape index (κ1) is 14.6. The summed E-state index contributed by atoms with van der Waals surface area (Å²) in [4.78, 5) is 25.8. The molecular weight excluding hydrogens is 286 g/mol. The Morgan fingerprint density at radius 1 is 1.19 bits per heavy atom. The summed E-state index contributed by atoms with van der Waals surface area (Å²) in [5, 5.41) is 12.2. The number of aliphatic carboxylic acids is 1. The fraction of sp³-hybridized carbons (Fsp3) is 0.625. The number of thiophene rings is 1. The minimum atomic E-state index is -0.903. The van der Waals surface area contributed by atoms with Crippen molar-refractivity contribution >= 4 is 23.2 Å². The zero-order chi connectivity index (χ0) is 14.8. The molecule has 0 radical (unpaired) electrons. The lowest BCUT2D eigenvalue weighted by molar-refractivity contribution is -0.141. The van der Waals surface area contributed by atoms with Crippen LogP contribution in [0.4, 0.5) is 0 Å². The van der Waals surface area contributed by atoms with Crippen molar-refractivity contribution in [1.29, 1.82) is 0 Å². The molecule has 2 aliphatic carbocycles. The van der Waals surface area contributed by atoms with Gasteiger partial charge in [0.1, 0.15) is 6.04 Å². The first-order chi connectivity index (χ1) is 10.1. The molecule has 2 aliphatic rings. The zero-order valence-corrected chi connectivity index (χ0v) is 12.9. The number of carboxylic acids is 1. The highest BCUT2D eigenvalue weighted by Gasteiger charge is 2.31. The van der Waals surface area contributed by atoms with Gasteiger partial charge in [-0.2, -0.15) is 0 Å². The second kappa shape index (κ2) is 6.18. The fourth-order valence-corrected chi connectivity index (χ4v) is 4.66. The summed E-state index contributed by atoms with van der Waals surface area (Å²) in [5.41, 5.74) is 1.27. The van der Waals surface area contributed by atoms with Crippen LogP contribution in [0, 0.1) is 5.92 Å². The fourth-order valence-electron chi connectivity index (χ4n) is 3.50. The molecule has 1 fully saturated rings. The molecule has 5 heteroatoms. The van der Waals surface area contributed by atoms with E-state index in [4.69, 9.17) is 0 Å². The van der Waals surface area contributed by atoms with Crippen LogP contribution in [-0.2, 0) is 17.6 Å². The average Bonchev–Trinajstić information content (AvgIpc) is 3.06. The van der Waals surface area contributed by atoms with Crippen molar-refractivity contribution in [3.05, 3.63) is 21.4 Å². The van der Waals surface area contributed by atoms with E-state index in [0.29, 0.717) is 4.88 Å². The highest BCUT2D eigenvalue weighted by atomic mass is 32.1. The number of aryl methyl sites for hydroxylation is 2. The van der Waals surface area contributed by atoms with Crippen molar-refractivity contribution in [3.63, 3.8) is 0 Å². The van der Waals surface area contributed by atoms with Gasteiger partial charge in [0, 0.05) is 4.88 Å². The van der Waals surface area contributed by atoms with Crippen molar-refractivity contribution in [2.24, 2.45) is 5.92 Å². The number of hydrogen-bond acceptors (Lipinski definition) is 3. The van der Waals surface area contributed by atoms with Crippen LogP contribution in [0.5, 0.6) is 0 Å². The maximum Gasteiger partial charge on any atom is 0.326 e. The Hall–Kier alpha value is -1.36. The second-order valence-corrected chi connectivity index (χ2v) is 7.24. The van der Waals surface area contributed by atoms with E-state index in [-0.39, 0.29) is 11.8 Å². The van der Waals surface area contributed by atoms with E-state index < -0.39 is 12.0 Å². The van der Waals surface area contributed by atoms with Crippen molar-refractivity contribution < 1.29 is 14.7 Å². The SMILES string of the molecule is O=C(NC(C(=O)O)C1CCCCC1)c1cc2c(s1)CCC2. The number of amides is 1. The third kappa shape index (κ3) is 3.12. The zero-order valence-electron chi connectivity index (χ0n) is 12.1. The Morgan fingerprint density at radius 2 is 1.95 bits per heavy atom. The Labute approximate surface area is 128 Å². The van der Waals surface area contributed by atoms with Crippen LogP contribution in [0.25, 0.3) is 0 Å². The molecule has 3 rings (SSSR count). The van der Waals surface area contributed by atoms with Crippen LogP contribution >= 0.6 is 11.3 Å². The normalized spacial score (nSPS) is 20.0. The molecule has 1 amide bonds. The van der Waals surface area contributed by atoms with Crippen molar-refractivity contribution in [1.82, 2.24) is 5.32 Å². The number of carbonyl (C=O) groups is 2. The van der Waals surface area contributed by atoms with Crippen LogP contribution in [0.1, 0.15) is 58.6 Å². The topological polar surface area (TPSA) is 66.4 Å². The molecule has 114 valence electrons. The largest absolute Gasteiger partial charge is 0.480 e. The molecule has 0 bridgehead atoms. The molecule has 4 nitrogen and oxygen atoms in total. The number of hydrogen-bond donors (Lipinski definition) is 2. The van der Waals surface area contributed by atoms with Gasteiger partial charge in [-0.1, -0.05) is 19.3 Å². The van der Waals surface area contributed by atoms with Gasteiger partial charge >= 0.3 is 5.97 Å². The van der Waals surface area contributed by atoms with E-state index in [2.05, 4.69) is 5.32 Å². The third-order valence-electron chi connectivity index (χ3n) is 4.64. The van der Waals surface area contributed by atoms with Gasteiger partial charge in [-0.05, 0) is 49.7 Å². The summed E-state index contributed by atoms with van der Waals surface area (Å²) >= 11 is 1.53. The molecule has 1 aromatic heterocycles. The highest BCUT2D eigenvalue weighted by molar-refractivity contribution is 7.14. The van der Waals surface area contributed by atoms with Crippen molar-refractivity contribution in [2.45, 2.75) is 57.4 Å². The summed E-state index contributed by atoms with van der Waals surface area (Å²) in [7, 11) is 0. The first-order valence-corrected chi connectivity index (χ1v) is 8.62. The van der Waals surface area contributed by atoms with Gasteiger partial charge in [-0.3, -0.25) is 4.79 Å². The number of carbonyl (C=O) groups excluding carboxylic acids is 1. The molecule has 0 aliphatic heterocycles. The lowest BCUT2D eigenvalue weighted by atomic mass is 9.84. The maximum atomic E-state index is 12.3. The molecule has 2 N–H and O–H groups in total. The Balaban J connectivity index is 1.69. The van der Waals surface area contributed by atoms with E-state index in [9.17, 15) is 14.7 Å². The van der Waals surface area contributed by atoms with Gasteiger partial charge in [-0.15, -0.1) is 11.3 Å². The molecule has 1 unspecified atom stereocenters. The summed E-state index contributed by atoms with van der Waals surface area (Å²) in [6.45, 7) is 0. The first-order valence-electron chi connectivity index (χ1n) is 7.80. The van der Waals surface area contributed by atoms with Crippen LogP contribution < -0.4 is 5.32 Å². The molecule has 0 aromatic carbocycles. The van der Waals surface area contributed by atoms with Gasteiger partial charge in [0.05, 0.1) is 4.88 Å². The van der Waals surface area contributed by atoms with Gasteiger partial charge in [0.25, 0.3) is 5.91 Å². The Kier molecular flexibility index (Phi) is 4.29. The molecule has 0 spiro atoms. The van der Waals surface area contributed by atoms with E-state index in [1.54, 1.807) is 0 Å². The maximum absolute atomic E-state index is 12.3. The minimum absolute atomic E-state index is 0.0759. The van der Waals surface area contributed by atoms with E-state index >= 15 is 0 Å². The van der Waals surface area contributed by atoms with E-state index in [1.165, 1.54) is 34.6 Å².